The zero-order valence-electron chi connectivity index (χ0n) is 20.1. The van der Waals surface area contributed by atoms with E-state index in [1.165, 1.54) is 36.0 Å². The third-order valence-corrected chi connectivity index (χ3v) is 5.97. The normalized spacial score (nSPS) is 13.9. The predicted octanol–water partition coefficient (Wildman–Crippen LogP) is 3.63. The van der Waals surface area contributed by atoms with Crippen molar-refractivity contribution in [2.24, 2.45) is 0 Å². The van der Waals surface area contributed by atoms with E-state index in [9.17, 15) is 9.59 Å². The van der Waals surface area contributed by atoms with E-state index in [2.05, 4.69) is 4.90 Å². The summed E-state index contributed by atoms with van der Waals surface area (Å²) in [5, 5.41) is 9.63. The molecule has 1 saturated heterocycles. The molecule has 4 rings (SSSR count). The van der Waals surface area contributed by atoms with Gasteiger partial charge < -0.3 is 18.8 Å². The molecule has 0 aliphatic carbocycles. The largest absolute Gasteiger partial charge is 0.492 e. The molecule has 0 unspecified atom stereocenters. The zero-order chi connectivity index (χ0) is 25.2. The average Bonchev–Trinajstić information content (AvgIpc) is 3.58. The number of hydrogen-bond acceptors (Lipinski definition) is 7. The number of benzene rings is 2. The summed E-state index contributed by atoms with van der Waals surface area (Å²) in [5.74, 6) is 0.119. The Morgan fingerprint density at radius 3 is 2.61 bits per heavy atom. The molecule has 0 saturated carbocycles. The van der Waals surface area contributed by atoms with Gasteiger partial charge in [0.05, 0.1) is 19.8 Å². The van der Waals surface area contributed by atoms with Crippen molar-refractivity contribution in [3.8, 4) is 5.75 Å². The van der Waals surface area contributed by atoms with E-state index in [-0.39, 0.29) is 19.1 Å². The van der Waals surface area contributed by atoms with Crippen LogP contribution in [0.3, 0.4) is 0 Å². The van der Waals surface area contributed by atoms with Gasteiger partial charge in [-0.2, -0.15) is 0 Å². The molecule has 9 heteroatoms. The van der Waals surface area contributed by atoms with Gasteiger partial charge in [-0.25, -0.2) is 5.48 Å². The Morgan fingerprint density at radius 2 is 1.86 bits per heavy atom. The number of carbonyl (C=O) groups is 2. The summed E-state index contributed by atoms with van der Waals surface area (Å²) < 4.78 is 17.4. The number of hydrogen-bond donors (Lipinski definition) is 2. The van der Waals surface area contributed by atoms with E-state index in [0.29, 0.717) is 36.0 Å². The van der Waals surface area contributed by atoms with Crippen molar-refractivity contribution in [2.75, 3.05) is 50.9 Å². The van der Waals surface area contributed by atoms with Crippen LogP contribution in [-0.2, 0) is 9.53 Å². The molecule has 2 amide bonds. The topological polar surface area (TPSA) is 104 Å². The highest BCUT2D eigenvalue weighted by Crippen LogP contribution is 2.26. The van der Waals surface area contributed by atoms with Crippen LogP contribution >= 0.6 is 0 Å². The molecule has 2 heterocycles. The second-order valence-electron chi connectivity index (χ2n) is 8.45. The second-order valence-corrected chi connectivity index (χ2v) is 8.45. The van der Waals surface area contributed by atoms with Crippen molar-refractivity contribution in [3.05, 3.63) is 72.3 Å². The van der Waals surface area contributed by atoms with E-state index >= 15 is 0 Å². The second kappa shape index (κ2) is 12.9. The minimum Gasteiger partial charge on any atom is -0.492 e. The van der Waals surface area contributed by atoms with Crippen LogP contribution in [0.5, 0.6) is 5.75 Å². The fraction of sp³-hybridized carbons (Fsp3) is 0.333. The minimum atomic E-state index is -0.602. The lowest BCUT2D eigenvalue weighted by atomic mass is 10.2. The molecule has 0 spiro atoms. The molecule has 1 aliphatic heterocycles. The fourth-order valence-corrected chi connectivity index (χ4v) is 4.04. The molecule has 36 heavy (non-hydrogen) atoms. The Bertz CT molecular complexity index is 1130. The van der Waals surface area contributed by atoms with Gasteiger partial charge in [-0.3, -0.25) is 19.7 Å². The van der Waals surface area contributed by atoms with Crippen molar-refractivity contribution < 1.29 is 28.7 Å². The number of amides is 2. The smallest absolute Gasteiger partial charge is 0.274 e. The SMILES string of the molecule is O=C(NO)c1ccc(OCCN(C(=O)/C=C/COCCN2CCCC2)c2cc3ccccc3o2)cc1. The molecule has 2 aromatic carbocycles. The van der Waals surface area contributed by atoms with Gasteiger partial charge in [-0.1, -0.05) is 24.3 Å². The quantitative estimate of drug-likeness (QED) is 0.172. The monoisotopic (exact) mass is 493 g/mol. The molecule has 1 fully saturated rings. The first-order valence-corrected chi connectivity index (χ1v) is 12.1. The summed E-state index contributed by atoms with van der Waals surface area (Å²) in [4.78, 5) is 28.4. The van der Waals surface area contributed by atoms with Crippen molar-refractivity contribution in [2.45, 2.75) is 12.8 Å². The van der Waals surface area contributed by atoms with Crippen LogP contribution in [-0.4, -0.2) is 67.9 Å². The van der Waals surface area contributed by atoms with Crippen LogP contribution in [0.2, 0.25) is 0 Å². The van der Waals surface area contributed by atoms with Crippen molar-refractivity contribution >= 4 is 28.7 Å². The van der Waals surface area contributed by atoms with Gasteiger partial charge in [0.1, 0.15) is 17.9 Å². The van der Waals surface area contributed by atoms with Crippen LogP contribution in [0.15, 0.2) is 71.2 Å². The summed E-state index contributed by atoms with van der Waals surface area (Å²) in [7, 11) is 0. The van der Waals surface area contributed by atoms with Crippen LogP contribution in [0.4, 0.5) is 5.88 Å². The lowest BCUT2D eigenvalue weighted by Crippen LogP contribution is -2.33. The number of hydroxylamine groups is 1. The first-order valence-electron chi connectivity index (χ1n) is 12.1. The standard InChI is InChI=1S/C27H31N3O6/c31-25(8-5-17-34-18-15-29-13-3-4-14-29)30(26-20-22-6-1-2-7-24(22)36-26)16-19-35-23-11-9-21(10-12-23)27(32)28-33/h1-2,5-12,20,33H,3-4,13-19H2,(H,28,32)/b8-5+. The molecule has 1 aliphatic rings. The maximum atomic E-state index is 13.0. The van der Waals surface area contributed by atoms with Crippen LogP contribution < -0.4 is 15.1 Å². The molecule has 190 valence electrons. The van der Waals surface area contributed by atoms with Gasteiger partial charge in [0.2, 0.25) is 5.88 Å². The number of rotatable bonds is 12. The lowest BCUT2D eigenvalue weighted by Gasteiger charge is -2.18. The number of furan rings is 1. The van der Waals surface area contributed by atoms with E-state index in [4.69, 9.17) is 19.1 Å². The van der Waals surface area contributed by atoms with E-state index in [1.807, 2.05) is 30.3 Å². The Balaban J connectivity index is 1.34. The van der Waals surface area contributed by atoms with Gasteiger partial charge in [0.15, 0.2) is 0 Å². The van der Waals surface area contributed by atoms with Crippen LogP contribution in [0.1, 0.15) is 23.2 Å². The summed E-state index contributed by atoms with van der Waals surface area (Å²) >= 11 is 0. The summed E-state index contributed by atoms with van der Waals surface area (Å²) in [5.41, 5.74) is 2.58. The number of fused-ring (bicyclic) bond motifs is 1. The molecule has 0 radical (unpaired) electrons. The maximum absolute atomic E-state index is 13.0. The number of likely N-dealkylation sites (tertiary alicyclic amines) is 1. The molecule has 2 N–H and O–H groups in total. The highest BCUT2D eigenvalue weighted by Gasteiger charge is 2.18. The molecule has 0 atom stereocenters. The van der Waals surface area contributed by atoms with Gasteiger partial charge >= 0.3 is 0 Å². The van der Waals surface area contributed by atoms with Gasteiger partial charge in [0, 0.05) is 29.6 Å². The van der Waals surface area contributed by atoms with Gasteiger partial charge in [0.25, 0.3) is 11.8 Å². The lowest BCUT2D eigenvalue weighted by molar-refractivity contribution is -0.114. The molecule has 1 aromatic heterocycles. The predicted molar refractivity (Wildman–Crippen MR) is 135 cm³/mol. The van der Waals surface area contributed by atoms with Crippen molar-refractivity contribution in [1.82, 2.24) is 10.4 Å². The first-order chi connectivity index (χ1) is 17.6. The minimum absolute atomic E-state index is 0.203. The third-order valence-electron chi connectivity index (χ3n) is 5.97. The zero-order valence-corrected chi connectivity index (χ0v) is 20.1. The third kappa shape index (κ3) is 6.94. The van der Waals surface area contributed by atoms with E-state index < -0.39 is 5.91 Å². The Hall–Kier alpha value is -3.66. The van der Waals surface area contributed by atoms with Crippen LogP contribution in [0, 0.1) is 0 Å². The maximum Gasteiger partial charge on any atom is 0.274 e. The number of ether oxygens (including phenoxy) is 2. The van der Waals surface area contributed by atoms with Gasteiger partial charge in [-0.15, -0.1) is 0 Å². The number of carbonyl (C=O) groups excluding carboxylic acids is 2. The number of anilines is 1. The van der Waals surface area contributed by atoms with E-state index in [1.54, 1.807) is 23.7 Å². The highest BCUT2D eigenvalue weighted by atomic mass is 16.5. The fourth-order valence-electron chi connectivity index (χ4n) is 4.04. The van der Waals surface area contributed by atoms with Crippen molar-refractivity contribution in [1.29, 1.82) is 0 Å². The molecular weight excluding hydrogens is 462 g/mol. The summed E-state index contributed by atoms with van der Waals surface area (Å²) in [6.07, 6.45) is 5.71. The van der Waals surface area contributed by atoms with E-state index in [0.717, 1.165) is 25.0 Å². The summed E-state index contributed by atoms with van der Waals surface area (Å²) in [6.45, 7) is 4.63. The van der Waals surface area contributed by atoms with Crippen LogP contribution in [0.25, 0.3) is 11.0 Å². The summed E-state index contributed by atoms with van der Waals surface area (Å²) in [6, 6.07) is 15.7. The highest BCUT2D eigenvalue weighted by molar-refractivity contribution is 6.01. The first kappa shape index (κ1) is 25.4. The molecule has 9 nitrogen and oxygen atoms in total. The number of nitrogens with one attached hydrogen (secondary N) is 1. The van der Waals surface area contributed by atoms with Crippen molar-refractivity contribution in [3.63, 3.8) is 0 Å². The molecular formula is C27H31N3O6. The average molecular weight is 494 g/mol. The number of para-hydroxylation sites is 1. The Kier molecular flexibility index (Phi) is 9.09. The molecule has 3 aromatic rings. The Morgan fingerprint density at radius 1 is 1.08 bits per heavy atom. The molecule has 0 bridgehead atoms. The number of nitrogens with zero attached hydrogens (tertiary/aromatic N) is 2. The van der Waals surface area contributed by atoms with Gasteiger partial charge in [-0.05, 0) is 56.3 Å². The Labute approximate surface area is 209 Å².